The van der Waals surface area contributed by atoms with E-state index in [-0.39, 0.29) is 25.4 Å². The number of likely N-dealkylation sites (N-methyl/N-ethyl adjacent to an activating group) is 1. The lowest BCUT2D eigenvalue weighted by atomic mass is 10.2. The molecule has 0 amide bonds. The van der Waals surface area contributed by atoms with Gasteiger partial charge in [-0.15, -0.1) is 0 Å². The monoisotopic (exact) mass is 253 g/mol. The summed E-state index contributed by atoms with van der Waals surface area (Å²) in [5.74, 6) is 1.50. The highest BCUT2D eigenvalue weighted by atomic mass is 16.6. The number of para-hydroxylation sites is 2. The first-order chi connectivity index (χ1) is 8.74. The average Bonchev–Trinajstić information content (AvgIpc) is 2.40. The number of rotatable bonds is 5. The molecule has 1 aromatic carbocycles. The summed E-state index contributed by atoms with van der Waals surface area (Å²) in [6.07, 6.45) is -0.0921. The predicted octanol–water partition coefficient (Wildman–Crippen LogP) is 0.111. The summed E-state index contributed by atoms with van der Waals surface area (Å²) in [5.41, 5.74) is 0. The van der Waals surface area contributed by atoms with Crippen molar-refractivity contribution in [3.63, 3.8) is 0 Å². The van der Waals surface area contributed by atoms with Crippen molar-refractivity contribution in [2.24, 2.45) is 0 Å². The van der Waals surface area contributed by atoms with Crippen LogP contribution >= 0.6 is 0 Å². The van der Waals surface area contributed by atoms with Crippen LogP contribution in [0, 0.1) is 0 Å². The van der Waals surface area contributed by atoms with Crippen LogP contribution in [0.15, 0.2) is 24.3 Å². The Morgan fingerprint density at radius 3 is 2.61 bits per heavy atom. The quantitative estimate of drug-likeness (QED) is 0.780. The SMILES string of the molecule is CN(C[C@@H]1COc2ccccc2O1)C(CO)CO. The van der Waals surface area contributed by atoms with Crippen LogP contribution in [0.3, 0.4) is 0 Å². The lowest BCUT2D eigenvalue weighted by molar-refractivity contribution is 0.0292. The molecule has 2 rings (SSSR count). The van der Waals surface area contributed by atoms with Gasteiger partial charge in [0.05, 0.1) is 19.3 Å². The summed E-state index contributed by atoms with van der Waals surface area (Å²) in [5, 5.41) is 18.2. The van der Waals surface area contributed by atoms with Crippen LogP contribution in [0.5, 0.6) is 11.5 Å². The fourth-order valence-corrected chi connectivity index (χ4v) is 1.96. The number of hydrogen-bond donors (Lipinski definition) is 2. The zero-order chi connectivity index (χ0) is 13.0. The summed E-state index contributed by atoms with van der Waals surface area (Å²) in [7, 11) is 1.85. The smallest absolute Gasteiger partial charge is 0.161 e. The highest BCUT2D eigenvalue weighted by molar-refractivity contribution is 5.40. The van der Waals surface area contributed by atoms with Gasteiger partial charge in [0.25, 0.3) is 0 Å². The lowest BCUT2D eigenvalue weighted by Crippen LogP contribution is -2.46. The molecule has 100 valence electrons. The van der Waals surface area contributed by atoms with Gasteiger partial charge in [-0.2, -0.15) is 0 Å². The normalized spacial score (nSPS) is 18.4. The van der Waals surface area contributed by atoms with Crippen LogP contribution in [0.4, 0.5) is 0 Å². The topological polar surface area (TPSA) is 62.2 Å². The fourth-order valence-electron chi connectivity index (χ4n) is 1.96. The third-order valence-corrected chi connectivity index (χ3v) is 3.10. The van der Waals surface area contributed by atoms with Gasteiger partial charge >= 0.3 is 0 Å². The molecule has 0 aliphatic carbocycles. The van der Waals surface area contributed by atoms with Crippen molar-refractivity contribution in [2.75, 3.05) is 33.4 Å². The Bertz CT molecular complexity index is 381. The number of aliphatic hydroxyl groups is 2. The Labute approximate surface area is 107 Å². The number of nitrogens with zero attached hydrogens (tertiary/aromatic N) is 1. The molecule has 0 spiro atoms. The van der Waals surface area contributed by atoms with Crippen molar-refractivity contribution < 1.29 is 19.7 Å². The minimum absolute atomic E-state index is 0.0723. The zero-order valence-electron chi connectivity index (χ0n) is 10.5. The largest absolute Gasteiger partial charge is 0.486 e. The maximum atomic E-state index is 9.11. The van der Waals surface area contributed by atoms with Crippen molar-refractivity contribution >= 4 is 0 Å². The molecule has 1 aromatic rings. The lowest BCUT2D eigenvalue weighted by Gasteiger charge is -2.32. The number of benzene rings is 1. The average molecular weight is 253 g/mol. The molecule has 18 heavy (non-hydrogen) atoms. The minimum Gasteiger partial charge on any atom is -0.486 e. The van der Waals surface area contributed by atoms with Crippen LogP contribution in [0.25, 0.3) is 0 Å². The van der Waals surface area contributed by atoms with Crippen molar-refractivity contribution in [3.8, 4) is 11.5 Å². The molecule has 1 aliphatic heterocycles. The molecule has 0 aromatic heterocycles. The number of fused-ring (bicyclic) bond motifs is 1. The molecule has 0 radical (unpaired) electrons. The van der Waals surface area contributed by atoms with Crippen LogP contribution in [0.1, 0.15) is 0 Å². The van der Waals surface area contributed by atoms with Gasteiger partial charge in [-0.3, -0.25) is 4.90 Å². The molecule has 0 saturated carbocycles. The first kappa shape index (κ1) is 13.1. The highest BCUT2D eigenvalue weighted by Gasteiger charge is 2.24. The van der Waals surface area contributed by atoms with Crippen LogP contribution < -0.4 is 9.47 Å². The number of aliphatic hydroxyl groups excluding tert-OH is 2. The van der Waals surface area contributed by atoms with Crippen molar-refractivity contribution in [1.82, 2.24) is 4.90 Å². The zero-order valence-corrected chi connectivity index (χ0v) is 10.5. The second kappa shape index (κ2) is 6.04. The van der Waals surface area contributed by atoms with E-state index in [9.17, 15) is 0 Å². The number of ether oxygens (including phenoxy) is 2. The van der Waals surface area contributed by atoms with Crippen molar-refractivity contribution in [2.45, 2.75) is 12.1 Å². The van der Waals surface area contributed by atoms with Crippen molar-refractivity contribution in [3.05, 3.63) is 24.3 Å². The van der Waals surface area contributed by atoms with Crippen LogP contribution in [0.2, 0.25) is 0 Å². The first-order valence-corrected chi connectivity index (χ1v) is 6.05. The third kappa shape index (κ3) is 2.93. The molecule has 1 atom stereocenters. The molecule has 5 nitrogen and oxygen atoms in total. The van der Waals surface area contributed by atoms with Crippen molar-refractivity contribution in [1.29, 1.82) is 0 Å². The third-order valence-electron chi connectivity index (χ3n) is 3.10. The summed E-state index contributed by atoms with van der Waals surface area (Å²) in [6.45, 7) is 0.930. The summed E-state index contributed by atoms with van der Waals surface area (Å²) in [4.78, 5) is 1.88. The molecular formula is C13H19NO4. The maximum absolute atomic E-state index is 9.11. The maximum Gasteiger partial charge on any atom is 0.161 e. The Morgan fingerprint density at radius 2 is 1.94 bits per heavy atom. The standard InChI is InChI=1S/C13H19NO4/c1-14(10(7-15)8-16)6-11-9-17-12-4-2-3-5-13(12)18-11/h2-5,10-11,15-16H,6-9H2,1H3/t11-/m1/s1. The van der Waals surface area contributed by atoms with E-state index in [1.165, 1.54) is 0 Å². The van der Waals surface area contributed by atoms with E-state index < -0.39 is 0 Å². The molecule has 0 fully saturated rings. The second-order valence-electron chi connectivity index (χ2n) is 4.46. The summed E-state index contributed by atoms with van der Waals surface area (Å²) >= 11 is 0. The molecule has 1 aliphatic rings. The van der Waals surface area contributed by atoms with Crippen LogP contribution in [-0.4, -0.2) is 60.7 Å². The van der Waals surface area contributed by atoms with Gasteiger partial charge in [-0.1, -0.05) is 12.1 Å². The predicted molar refractivity (Wildman–Crippen MR) is 66.9 cm³/mol. The fraction of sp³-hybridized carbons (Fsp3) is 0.538. The Hall–Kier alpha value is -1.30. The number of hydrogen-bond acceptors (Lipinski definition) is 5. The summed E-state index contributed by atoms with van der Waals surface area (Å²) in [6, 6.07) is 7.29. The van der Waals surface area contributed by atoms with Gasteiger partial charge in [0.1, 0.15) is 12.7 Å². The second-order valence-corrected chi connectivity index (χ2v) is 4.46. The van der Waals surface area contributed by atoms with Crippen LogP contribution in [-0.2, 0) is 0 Å². The van der Waals surface area contributed by atoms with E-state index in [4.69, 9.17) is 19.7 Å². The molecule has 0 unspecified atom stereocenters. The van der Waals surface area contributed by atoms with Gasteiger partial charge in [0, 0.05) is 6.54 Å². The first-order valence-electron chi connectivity index (χ1n) is 6.05. The molecule has 2 N–H and O–H groups in total. The van der Waals surface area contributed by atoms with E-state index in [0.29, 0.717) is 13.2 Å². The Balaban J connectivity index is 1.93. The van der Waals surface area contributed by atoms with E-state index >= 15 is 0 Å². The van der Waals surface area contributed by atoms with Gasteiger partial charge in [-0.25, -0.2) is 0 Å². The van der Waals surface area contributed by atoms with E-state index in [1.807, 2.05) is 36.2 Å². The molecule has 0 bridgehead atoms. The van der Waals surface area contributed by atoms with E-state index in [0.717, 1.165) is 11.5 Å². The van der Waals surface area contributed by atoms with Gasteiger partial charge in [-0.05, 0) is 19.2 Å². The Kier molecular flexibility index (Phi) is 4.41. The van der Waals surface area contributed by atoms with E-state index in [1.54, 1.807) is 0 Å². The molecular weight excluding hydrogens is 234 g/mol. The highest BCUT2D eigenvalue weighted by Crippen LogP contribution is 2.30. The molecule has 0 saturated heterocycles. The Morgan fingerprint density at radius 1 is 1.28 bits per heavy atom. The van der Waals surface area contributed by atoms with E-state index in [2.05, 4.69) is 0 Å². The molecule has 5 heteroatoms. The van der Waals surface area contributed by atoms with Gasteiger partial charge in [0.15, 0.2) is 11.5 Å². The summed E-state index contributed by atoms with van der Waals surface area (Å²) < 4.78 is 11.4. The van der Waals surface area contributed by atoms with Gasteiger partial charge < -0.3 is 19.7 Å². The minimum atomic E-state index is -0.259. The van der Waals surface area contributed by atoms with Gasteiger partial charge in [0.2, 0.25) is 0 Å². The molecule has 1 heterocycles.